The monoisotopic (exact) mass is 262 g/mol. The summed E-state index contributed by atoms with van der Waals surface area (Å²) in [6.45, 7) is 7.20. The average molecular weight is 262 g/mol. The molecule has 1 aromatic heterocycles. The normalized spacial score (nSPS) is 35.5. The van der Waals surface area contributed by atoms with E-state index >= 15 is 0 Å². The number of fused-ring (bicyclic) bond motifs is 2. The molecule has 0 N–H and O–H groups in total. The molecule has 0 amide bonds. The Morgan fingerprint density at radius 1 is 1.47 bits per heavy atom. The van der Waals surface area contributed by atoms with Crippen LogP contribution in [-0.2, 0) is 16.1 Å². The van der Waals surface area contributed by atoms with Gasteiger partial charge in [0.1, 0.15) is 12.6 Å². The molecule has 0 aromatic carbocycles. The molecule has 4 nitrogen and oxygen atoms in total. The highest BCUT2D eigenvalue weighted by atomic mass is 16.5. The van der Waals surface area contributed by atoms with Crippen molar-refractivity contribution in [2.75, 3.05) is 0 Å². The number of rotatable bonds is 3. The topological polar surface area (TPSA) is 44.1 Å². The minimum Gasteiger partial charge on any atom is -0.460 e. The third-order valence-electron chi connectivity index (χ3n) is 5.86. The molecule has 2 aliphatic rings. The van der Waals surface area contributed by atoms with Gasteiger partial charge in [-0.1, -0.05) is 20.8 Å². The van der Waals surface area contributed by atoms with Gasteiger partial charge in [0.15, 0.2) is 0 Å². The highest BCUT2D eigenvalue weighted by Gasteiger charge is 2.62. The van der Waals surface area contributed by atoms with Crippen molar-refractivity contribution in [1.29, 1.82) is 0 Å². The lowest BCUT2D eigenvalue weighted by atomic mass is 9.70. The summed E-state index contributed by atoms with van der Waals surface area (Å²) in [5, 5.41) is 0. The second kappa shape index (κ2) is 4.09. The molecule has 3 atom stereocenters. The summed E-state index contributed by atoms with van der Waals surface area (Å²) in [4.78, 5) is 16.0. The molecule has 3 rings (SSSR count). The molecule has 0 unspecified atom stereocenters. The molecule has 0 saturated heterocycles. The van der Waals surface area contributed by atoms with Crippen LogP contribution < -0.4 is 0 Å². The molecule has 0 radical (unpaired) electrons. The fourth-order valence-electron chi connectivity index (χ4n) is 4.03. The summed E-state index contributed by atoms with van der Waals surface area (Å²) in [7, 11) is 0. The minimum atomic E-state index is -0.146. The maximum Gasteiger partial charge on any atom is 0.326 e. The van der Waals surface area contributed by atoms with Gasteiger partial charge >= 0.3 is 5.97 Å². The second-order valence-corrected chi connectivity index (χ2v) is 6.82. The molecule has 0 spiro atoms. The standard InChI is InChI=1S/C15H22N2O2/c1-14(2)11-4-5-15(14,3)12(8-11)19-13(18)9-17-7-6-16-10-17/h6-7,10-12H,4-5,8-9H2,1-3H3/t11-,12-,15+/m0/s1. The Bertz CT molecular complexity index is 480. The van der Waals surface area contributed by atoms with Crippen LogP contribution in [0, 0.1) is 16.7 Å². The molecular weight excluding hydrogens is 240 g/mol. The zero-order valence-electron chi connectivity index (χ0n) is 11.9. The molecule has 2 saturated carbocycles. The zero-order valence-corrected chi connectivity index (χ0v) is 11.9. The maximum absolute atomic E-state index is 12.0. The van der Waals surface area contributed by atoms with Gasteiger partial charge in [-0.05, 0) is 30.6 Å². The number of ether oxygens (including phenoxy) is 1. The fraction of sp³-hybridized carbons (Fsp3) is 0.733. The van der Waals surface area contributed by atoms with Crippen LogP contribution in [0.25, 0.3) is 0 Å². The van der Waals surface area contributed by atoms with E-state index in [1.54, 1.807) is 23.3 Å². The van der Waals surface area contributed by atoms with Crippen molar-refractivity contribution >= 4 is 5.97 Å². The summed E-state index contributed by atoms with van der Waals surface area (Å²) < 4.78 is 7.52. The van der Waals surface area contributed by atoms with E-state index in [0.717, 1.165) is 6.42 Å². The van der Waals surface area contributed by atoms with E-state index in [0.29, 0.717) is 5.92 Å². The third kappa shape index (κ3) is 1.80. The van der Waals surface area contributed by atoms with Crippen LogP contribution in [0.5, 0.6) is 0 Å². The van der Waals surface area contributed by atoms with E-state index in [1.807, 2.05) is 0 Å². The van der Waals surface area contributed by atoms with E-state index < -0.39 is 0 Å². The van der Waals surface area contributed by atoms with Crippen molar-refractivity contribution in [2.24, 2.45) is 16.7 Å². The smallest absolute Gasteiger partial charge is 0.326 e. The van der Waals surface area contributed by atoms with Gasteiger partial charge in [0.25, 0.3) is 0 Å². The first-order valence-corrected chi connectivity index (χ1v) is 7.09. The number of esters is 1. The number of aromatic nitrogens is 2. The number of hydrogen-bond acceptors (Lipinski definition) is 3. The summed E-state index contributed by atoms with van der Waals surface area (Å²) >= 11 is 0. The molecule has 2 bridgehead atoms. The lowest BCUT2D eigenvalue weighted by molar-refractivity contribution is -0.157. The number of nitrogens with zero attached hydrogens (tertiary/aromatic N) is 2. The van der Waals surface area contributed by atoms with Gasteiger partial charge in [-0.3, -0.25) is 4.79 Å². The predicted molar refractivity (Wildman–Crippen MR) is 71.3 cm³/mol. The van der Waals surface area contributed by atoms with Crippen molar-refractivity contribution in [3.63, 3.8) is 0 Å². The average Bonchev–Trinajstić information content (AvgIpc) is 2.95. The zero-order chi connectivity index (χ0) is 13.7. The Labute approximate surface area is 114 Å². The van der Waals surface area contributed by atoms with Crippen LogP contribution in [0.1, 0.15) is 40.0 Å². The molecule has 1 aromatic rings. The van der Waals surface area contributed by atoms with Crippen molar-refractivity contribution < 1.29 is 9.53 Å². The van der Waals surface area contributed by atoms with Crippen molar-refractivity contribution in [3.05, 3.63) is 18.7 Å². The molecular formula is C15H22N2O2. The molecule has 0 aliphatic heterocycles. The van der Waals surface area contributed by atoms with Gasteiger partial charge in [-0.2, -0.15) is 0 Å². The molecule has 104 valence electrons. The third-order valence-corrected chi connectivity index (χ3v) is 5.86. The van der Waals surface area contributed by atoms with Crippen molar-refractivity contribution in [2.45, 2.75) is 52.7 Å². The fourth-order valence-corrected chi connectivity index (χ4v) is 4.03. The summed E-state index contributed by atoms with van der Waals surface area (Å²) in [5.41, 5.74) is 0.426. The first-order chi connectivity index (χ1) is 8.93. The van der Waals surface area contributed by atoms with Gasteiger partial charge in [0.05, 0.1) is 6.33 Å². The van der Waals surface area contributed by atoms with E-state index in [4.69, 9.17) is 4.74 Å². The molecule has 2 aliphatic carbocycles. The van der Waals surface area contributed by atoms with Gasteiger partial charge in [-0.25, -0.2) is 4.98 Å². The quantitative estimate of drug-likeness (QED) is 0.787. The van der Waals surface area contributed by atoms with Crippen LogP contribution in [0.4, 0.5) is 0 Å². The van der Waals surface area contributed by atoms with E-state index in [2.05, 4.69) is 25.8 Å². The molecule has 1 heterocycles. The second-order valence-electron chi connectivity index (χ2n) is 6.82. The van der Waals surface area contributed by atoms with Crippen LogP contribution in [0.15, 0.2) is 18.7 Å². The summed E-state index contributed by atoms with van der Waals surface area (Å²) in [6.07, 6.45) is 8.67. The van der Waals surface area contributed by atoms with Crippen LogP contribution >= 0.6 is 0 Å². The van der Waals surface area contributed by atoms with Gasteiger partial charge in [0.2, 0.25) is 0 Å². The number of carbonyl (C=O) groups excluding carboxylic acids is 1. The van der Waals surface area contributed by atoms with E-state index in [-0.39, 0.29) is 29.4 Å². The Kier molecular flexibility index (Phi) is 2.73. The summed E-state index contributed by atoms with van der Waals surface area (Å²) in [5.74, 6) is 0.552. The van der Waals surface area contributed by atoms with Crippen LogP contribution in [0.2, 0.25) is 0 Å². The molecule has 19 heavy (non-hydrogen) atoms. The van der Waals surface area contributed by atoms with Gasteiger partial charge < -0.3 is 9.30 Å². The Morgan fingerprint density at radius 3 is 2.79 bits per heavy atom. The van der Waals surface area contributed by atoms with Crippen molar-refractivity contribution in [3.8, 4) is 0 Å². The Balaban J connectivity index is 1.67. The number of imidazole rings is 1. The number of carbonyl (C=O) groups is 1. The molecule has 2 fully saturated rings. The highest BCUT2D eigenvalue weighted by Crippen LogP contribution is 2.66. The highest BCUT2D eigenvalue weighted by molar-refractivity contribution is 5.69. The van der Waals surface area contributed by atoms with Crippen molar-refractivity contribution in [1.82, 2.24) is 9.55 Å². The number of hydrogen-bond donors (Lipinski definition) is 0. The lowest BCUT2D eigenvalue weighted by Gasteiger charge is -2.38. The maximum atomic E-state index is 12.0. The summed E-state index contributed by atoms with van der Waals surface area (Å²) in [6, 6.07) is 0. The van der Waals surface area contributed by atoms with Crippen LogP contribution in [0.3, 0.4) is 0 Å². The first kappa shape index (κ1) is 12.7. The molecule has 4 heteroatoms. The Morgan fingerprint density at radius 2 is 2.26 bits per heavy atom. The largest absolute Gasteiger partial charge is 0.460 e. The Hall–Kier alpha value is -1.32. The SMILES string of the molecule is CC1(C)[C@H]2CC[C@]1(C)[C@@H](OC(=O)Cn1ccnc1)C2. The first-order valence-electron chi connectivity index (χ1n) is 7.09. The minimum absolute atomic E-state index is 0.0808. The lowest BCUT2D eigenvalue weighted by Crippen LogP contribution is -2.38. The van der Waals surface area contributed by atoms with Crippen LogP contribution in [-0.4, -0.2) is 21.6 Å². The predicted octanol–water partition coefficient (Wildman–Crippen LogP) is 2.64. The van der Waals surface area contributed by atoms with E-state index in [9.17, 15) is 4.79 Å². The van der Waals surface area contributed by atoms with Gasteiger partial charge in [-0.15, -0.1) is 0 Å². The van der Waals surface area contributed by atoms with E-state index in [1.165, 1.54) is 12.8 Å². The van der Waals surface area contributed by atoms with Gasteiger partial charge in [0, 0.05) is 17.8 Å².